The topological polar surface area (TPSA) is 113 Å². The minimum Gasteiger partial charge on any atom is -0.479 e. The molecule has 4 N–H and O–H groups in total. The Bertz CT molecular complexity index is 400. The summed E-state index contributed by atoms with van der Waals surface area (Å²) in [6.07, 6.45) is 3.97. The molecule has 0 radical (unpaired) electrons. The first-order valence-electron chi connectivity index (χ1n) is 7.51. The number of nitrogens with zero attached hydrogens (tertiary/aromatic N) is 1. The van der Waals surface area contributed by atoms with E-state index in [4.69, 9.17) is 5.73 Å². The third-order valence-electron chi connectivity index (χ3n) is 3.92. The maximum atomic E-state index is 12.2. The molecule has 3 amide bonds. The summed E-state index contributed by atoms with van der Waals surface area (Å²) in [4.78, 5) is 35.9. The molecule has 0 spiro atoms. The second-order valence-electron chi connectivity index (χ2n) is 5.50. The molecule has 1 aliphatic rings. The lowest BCUT2D eigenvalue weighted by Gasteiger charge is -2.34. The molecule has 0 saturated carbocycles. The highest BCUT2D eigenvalue weighted by atomic mass is 16.4. The lowest BCUT2D eigenvalue weighted by molar-refractivity contribution is -0.148. The number of primary amides is 1. The van der Waals surface area contributed by atoms with Crippen molar-refractivity contribution in [3.05, 3.63) is 0 Å². The number of urea groups is 1. The highest BCUT2D eigenvalue weighted by Gasteiger charge is 2.49. The Hall–Kier alpha value is -1.79. The van der Waals surface area contributed by atoms with Crippen LogP contribution in [0.3, 0.4) is 0 Å². The van der Waals surface area contributed by atoms with E-state index in [1.54, 1.807) is 0 Å². The van der Waals surface area contributed by atoms with E-state index in [2.05, 4.69) is 5.32 Å². The number of hydrogen-bond donors (Lipinski definition) is 3. The smallest absolute Gasteiger partial charge is 0.329 e. The Morgan fingerprint density at radius 3 is 2.62 bits per heavy atom. The third-order valence-corrected chi connectivity index (χ3v) is 3.92. The summed E-state index contributed by atoms with van der Waals surface area (Å²) in [6, 6.07) is -0.331. The van der Waals surface area contributed by atoms with E-state index in [1.807, 2.05) is 6.92 Å². The van der Waals surface area contributed by atoms with Gasteiger partial charge in [0.15, 0.2) is 0 Å². The standard InChI is InChI=1S/C14H25N3O4/c1-2-7-14(12(19)20)8-5-10-17(14)13(21)16-9-4-3-6-11(15)18/h2-10H2,1H3,(H2,15,18)(H,16,21)(H,19,20). The van der Waals surface area contributed by atoms with Crippen LogP contribution in [0.15, 0.2) is 0 Å². The van der Waals surface area contributed by atoms with E-state index < -0.39 is 11.5 Å². The number of likely N-dealkylation sites (tertiary alicyclic amines) is 1. The highest BCUT2D eigenvalue weighted by molar-refractivity contribution is 5.87. The predicted molar refractivity (Wildman–Crippen MR) is 77.7 cm³/mol. The summed E-state index contributed by atoms with van der Waals surface area (Å²) in [5.41, 5.74) is 3.97. The molecule has 1 rings (SSSR count). The summed E-state index contributed by atoms with van der Waals surface area (Å²) in [5.74, 6) is -1.28. The van der Waals surface area contributed by atoms with Crippen molar-refractivity contribution in [2.24, 2.45) is 5.73 Å². The van der Waals surface area contributed by atoms with E-state index in [-0.39, 0.29) is 11.9 Å². The quantitative estimate of drug-likeness (QED) is 0.582. The average Bonchev–Trinajstić information content (AvgIpc) is 2.83. The van der Waals surface area contributed by atoms with Crippen molar-refractivity contribution in [2.45, 2.75) is 57.4 Å². The number of nitrogens with two attached hydrogens (primary N) is 1. The van der Waals surface area contributed by atoms with Gasteiger partial charge in [-0.2, -0.15) is 0 Å². The van der Waals surface area contributed by atoms with Crippen molar-refractivity contribution in [1.29, 1.82) is 0 Å². The third kappa shape index (κ3) is 4.34. The first-order chi connectivity index (χ1) is 9.94. The number of carbonyl (C=O) groups excluding carboxylic acids is 2. The van der Waals surface area contributed by atoms with Crippen LogP contribution in [0.2, 0.25) is 0 Å². The molecule has 1 aliphatic heterocycles. The summed E-state index contributed by atoms with van der Waals surface area (Å²) in [6.45, 7) is 2.81. The Balaban J connectivity index is 2.51. The molecular formula is C14H25N3O4. The Labute approximate surface area is 124 Å². The van der Waals surface area contributed by atoms with Crippen molar-refractivity contribution in [1.82, 2.24) is 10.2 Å². The molecule has 0 aromatic rings. The van der Waals surface area contributed by atoms with Crippen LogP contribution in [-0.4, -0.2) is 46.5 Å². The first-order valence-corrected chi connectivity index (χ1v) is 7.51. The number of carbonyl (C=O) groups is 3. The lowest BCUT2D eigenvalue weighted by atomic mass is 9.91. The van der Waals surface area contributed by atoms with Crippen LogP contribution in [-0.2, 0) is 9.59 Å². The SMILES string of the molecule is CCCC1(C(=O)O)CCCN1C(=O)NCCCCC(N)=O. The van der Waals surface area contributed by atoms with Crippen LogP contribution < -0.4 is 11.1 Å². The molecule has 0 aromatic heterocycles. The molecular weight excluding hydrogens is 274 g/mol. The number of carboxylic acids is 1. The molecule has 1 atom stereocenters. The number of amides is 3. The highest BCUT2D eigenvalue weighted by Crippen LogP contribution is 2.33. The van der Waals surface area contributed by atoms with Gasteiger partial charge in [-0.3, -0.25) is 4.79 Å². The maximum absolute atomic E-state index is 12.2. The lowest BCUT2D eigenvalue weighted by Crippen LogP contribution is -2.56. The van der Waals surface area contributed by atoms with Gasteiger partial charge in [-0.1, -0.05) is 13.3 Å². The van der Waals surface area contributed by atoms with Gasteiger partial charge in [0.2, 0.25) is 5.91 Å². The molecule has 120 valence electrons. The van der Waals surface area contributed by atoms with Crippen molar-refractivity contribution in [2.75, 3.05) is 13.1 Å². The number of hydrogen-bond acceptors (Lipinski definition) is 3. The largest absolute Gasteiger partial charge is 0.479 e. The molecule has 21 heavy (non-hydrogen) atoms. The number of unbranched alkanes of at least 4 members (excludes halogenated alkanes) is 1. The molecule has 7 nitrogen and oxygen atoms in total. The second-order valence-corrected chi connectivity index (χ2v) is 5.50. The van der Waals surface area contributed by atoms with Gasteiger partial charge in [-0.25, -0.2) is 9.59 Å². The number of aliphatic carboxylic acids is 1. The first kappa shape index (κ1) is 17.3. The van der Waals surface area contributed by atoms with Crippen LogP contribution in [0, 0.1) is 0 Å². The van der Waals surface area contributed by atoms with E-state index >= 15 is 0 Å². The molecule has 1 saturated heterocycles. The predicted octanol–water partition coefficient (Wildman–Crippen LogP) is 1.07. The van der Waals surface area contributed by atoms with Gasteiger partial charge < -0.3 is 21.1 Å². The summed E-state index contributed by atoms with van der Waals surface area (Å²) in [5, 5.41) is 12.2. The van der Waals surface area contributed by atoms with Crippen molar-refractivity contribution < 1.29 is 19.5 Å². The Kier molecular flexibility index (Phi) is 6.45. The zero-order valence-corrected chi connectivity index (χ0v) is 12.6. The molecule has 1 fully saturated rings. The zero-order valence-electron chi connectivity index (χ0n) is 12.6. The van der Waals surface area contributed by atoms with Crippen molar-refractivity contribution >= 4 is 17.9 Å². The molecule has 0 aliphatic carbocycles. The summed E-state index contributed by atoms with van der Waals surface area (Å²) >= 11 is 0. The number of rotatable bonds is 8. The molecule has 1 heterocycles. The monoisotopic (exact) mass is 299 g/mol. The number of carboxylic acid groups (broad SMARTS) is 1. The van der Waals surface area contributed by atoms with Crippen LogP contribution >= 0.6 is 0 Å². The minimum absolute atomic E-state index is 0.300. The van der Waals surface area contributed by atoms with Gasteiger partial charge in [0, 0.05) is 19.5 Å². The second kappa shape index (κ2) is 7.85. The molecule has 0 aromatic carbocycles. The van der Waals surface area contributed by atoms with E-state index in [9.17, 15) is 19.5 Å². The van der Waals surface area contributed by atoms with E-state index in [0.29, 0.717) is 58.0 Å². The summed E-state index contributed by atoms with van der Waals surface area (Å²) < 4.78 is 0. The van der Waals surface area contributed by atoms with Gasteiger partial charge >= 0.3 is 12.0 Å². The fourth-order valence-corrected chi connectivity index (χ4v) is 2.89. The zero-order chi connectivity index (χ0) is 15.9. The van der Waals surface area contributed by atoms with E-state index in [0.717, 1.165) is 0 Å². The molecule has 0 bridgehead atoms. The minimum atomic E-state index is -1.06. The van der Waals surface area contributed by atoms with Gasteiger partial charge in [0.1, 0.15) is 5.54 Å². The van der Waals surface area contributed by atoms with Gasteiger partial charge in [0.25, 0.3) is 0 Å². The molecule has 1 unspecified atom stereocenters. The average molecular weight is 299 g/mol. The van der Waals surface area contributed by atoms with E-state index in [1.165, 1.54) is 4.90 Å². The van der Waals surface area contributed by atoms with Gasteiger partial charge in [-0.15, -0.1) is 0 Å². The number of nitrogens with one attached hydrogen (secondary N) is 1. The van der Waals surface area contributed by atoms with Gasteiger partial charge in [0.05, 0.1) is 0 Å². The maximum Gasteiger partial charge on any atom is 0.329 e. The Morgan fingerprint density at radius 1 is 1.33 bits per heavy atom. The molecule has 7 heteroatoms. The van der Waals surface area contributed by atoms with Crippen LogP contribution in [0.5, 0.6) is 0 Å². The van der Waals surface area contributed by atoms with Crippen molar-refractivity contribution in [3.8, 4) is 0 Å². The summed E-state index contributed by atoms with van der Waals surface area (Å²) in [7, 11) is 0. The fourth-order valence-electron chi connectivity index (χ4n) is 2.89. The van der Waals surface area contributed by atoms with Crippen molar-refractivity contribution in [3.63, 3.8) is 0 Å². The van der Waals surface area contributed by atoms with Crippen LogP contribution in [0.25, 0.3) is 0 Å². The fraction of sp³-hybridized carbons (Fsp3) is 0.786. The Morgan fingerprint density at radius 2 is 2.05 bits per heavy atom. The normalized spacial score (nSPS) is 21.3. The van der Waals surface area contributed by atoms with Gasteiger partial charge in [-0.05, 0) is 32.1 Å². The van der Waals surface area contributed by atoms with Crippen LogP contribution in [0.1, 0.15) is 51.9 Å². The van der Waals surface area contributed by atoms with Crippen LogP contribution in [0.4, 0.5) is 4.79 Å².